The van der Waals surface area contributed by atoms with E-state index in [1.807, 2.05) is 30.3 Å². The average Bonchev–Trinajstić information content (AvgIpc) is 2.17. The zero-order chi connectivity index (χ0) is 9.52. The maximum absolute atomic E-state index is 11.1. The summed E-state index contributed by atoms with van der Waals surface area (Å²) in [5.41, 5.74) is 1.13. The van der Waals surface area contributed by atoms with Gasteiger partial charge in [-0.1, -0.05) is 46.3 Å². The lowest BCUT2D eigenvalue weighted by Gasteiger charge is -2.03. The Bertz CT molecular complexity index is 261. The first-order valence-electron chi connectivity index (χ1n) is 4.19. The van der Waals surface area contributed by atoms with Crippen molar-refractivity contribution in [2.24, 2.45) is 0 Å². The Labute approximate surface area is 86.5 Å². The lowest BCUT2D eigenvalue weighted by Crippen LogP contribution is -2.22. The number of carbonyl (C=O) groups excluding carboxylic acids is 1. The maximum atomic E-state index is 11.1. The fraction of sp³-hybridized carbons (Fsp3) is 0.300. The molecule has 0 saturated heterocycles. The van der Waals surface area contributed by atoms with Crippen LogP contribution in [0.3, 0.4) is 0 Å². The molecule has 0 fully saturated rings. The van der Waals surface area contributed by atoms with Crippen LogP contribution in [0.1, 0.15) is 12.0 Å². The highest BCUT2D eigenvalue weighted by Crippen LogP contribution is 1.97. The van der Waals surface area contributed by atoms with Gasteiger partial charge in [0.05, 0.1) is 0 Å². The molecule has 0 spiro atoms. The van der Waals surface area contributed by atoms with Crippen molar-refractivity contribution in [3.05, 3.63) is 35.9 Å². The fourth-order valence-corrected chi connectivity index (χ4v) is 1.33. The van der Waals surface area contributed by atoms with Crippen molar-refractivity contribution in [2.75, 3.05) is 5.33 Å². The second-order valence-electron chi connectivity index (χ2n) is 2.70. The summed E-state index contributed by atoms with van der Waals surface area (Å²) in [5, 5.41) is 3.55. The number of hydrogen-bond acceptors (Lipinski definition) is 1. The van der Waals surface area contributed by atoms with Gasteiger partial charge >= 0.3 is 0 Å². The Balaban J connectivity index is 2.31. The van der Waals surface area contributed by atoms with Crippen molar-refractivity contribution >= 4 is 21.8 Å². The smallest absolute Gasteiger partial charge is 0.221 e. The number of alkyl halides is 1. The number of benzene rings is 1. The molecule has 0 saturated carbocycles. The van der Waals surface area contributed by atoms with Gasteiger partial charge in [0.1, 0.15) is 0 Å². The van der Waals surface area contributed by atoms with E-state index < -0.39 is 0 Å². The molecule has 0 unspecified atom stereocenters. The number of carbonyl (C=O) groups is 1. The molecule has 70 valence electrons. The van der Waals surface area contributed by atoms with Crippen LogP contribution >= 0.6 is 15.9 Å². The van der Waals surface area contributed by atoms with Crippen LogP contribution in [0.4, 0.5) is 0 Å². The maximum Gasteiger partial charge on any atom is 0.221 e. The van der Waals surface area contributed by atoms with Gasteiger partial charge in [-0.2, -0.15) is 0 Å². The summed E-state index contributed by atoms with van der Waals surface area (Å²) in [6, 6.07) is 9.88. The normalized spacial score (nSPS) is 9.62. The molecule has 1 rings (SSSR count). The van der Waals surface area contributed by atoms with E-state index >= 15 is 0 Å². The van der Waals surface area contributed by atoms with Crippen molar-refractivity contribution in [1.82, 2.24) is 5.32 Å². The third-order valence-electron chi connectivity index (χ3n) is 1.65. The Hall–Kier alpha value is -0.830. The second-order valence-corrected chi connectivity index (χ2v) is 3.49. The van der Waals surface area contributed by atoms with Crippen LogP contribution in [-0.2, 0) is 11.3 Å². The van der Waals surface area contributed by atoms with Crippen LogP contribution < -0.4 is 5.32 Å². The third-order valence-corrected chi connectivity index (χ3v) is 2.05. The minimum Gasteiger partial charge on any atom is -0.352 e. The molecule has 1 amide bonds. The molecule has 1 aromatic rings. The van der Waals surface area contributed by atoms with E-state index in [9.17, 15) is 4.79 Å². The van der Waals surface area contributed by atoms with Crippen molar-refractivity contribution in [3.8, 4) is 0 Å². The highest BCUT2D eigenvalue weighted by atomic mass is 79.9. The van der Waals surface area contributed by atoms with Gasteiger partial charge in [0, 0.05) is 18.3 Å². The fourth-order valence-electron chi connectivity index (χ4n) is 0.971. The first kappa shape index (κ1) is 10.3. The lowest BCUT2D eigenvalue weighted by atomic mass is 10.2. The molecule has 13 heavy (non-hydrogen) atoms. The Morgan fingerprint density at radius 1 is 1.31 bits per heavy atom. The quantitative estimate of drug-likeness (QED) is 0.805. The van der Waals surface area contributed by atoms with Gasteiger partial charge in [-0.05, 0) is 5.56 Å². The average molecular weight is 242 g/mol. The van der Waals surface area contributed by atoms with Crippen LogP contribution in [0.2, 0.25) is 0 Å². The number of nitrogens with one attached hydrogen (secondary N) is 1. The van der Waals surface area contributed by atoms with E-state index in [4.69, 9.17) is 0 Å². The summed E-state index contributed by atoms with van der Waals surface area (Å²) in [4.78, 5) is 11.1. The highest BCUT2D eigenvalue weighted by molar-refractivity contribution is 9.09. The van der Waals surface area contributed by atoms with Crippen LogP contribution in [0, 0.1) is 0 Å². The number of amides is 1. The molecule has 3 heteroatoms. The predicted octanol–water partition coefficient (Wildman–Crippen LogP) is 2.09. The minimum atomic E-state index is 0.0840. The molecular formula is C10H12BrNO. The molecule has 0 bridgehead atoms. The lowest BCUT2D eigenvalue weighted by molar-refractivity contribution is -0.120. The predicted molar refractivity (Wildman–Crippen MR) is 56.7 cm³/mol. The minimum absolute atomic E-state index is 0.0840. The largest absolute Gasteiger partial charge is 0.352 e. The molecule has 0 aliphatic carbocycles. The van der Waals surface area contributed by atoms with Crippen molar-refractivity contribution in [2.45, 2.75) is 13.0 Å². The first-order valence-corrected chi connectivity index (χ1v) is 5.31. The first-order chi connectivity index (χ1) is 6.33. The van der Waals surface area contributed by atoms with E-state index in [2.05, 4.69) is 21.2 Å². The second kappa shape index (κ2) is 5.75. The van der Waals surface area contributed by atoms with Gasteiger partial charge in [-0.25, -0.2) is 0 Å². The number of rotatable bonds is 4. The molecular weight excluding hydrogens is 230 g/mol. The monoisotopic (exact) mass is 241 g/mol. The van der Waals surface area contributed by atoms with Gasteiger partial charge in [-0.15, -0.1) is 0 Å². The van der Waals surface area contributed by atoms with E-state index in [0.29, 0.717) is 18.3 Å². The van der Waals surface area contributed by atoms with E-state index in [0.717, 1.165) is 5.56 Å². The summed E-state index contributed by atoms with van der Waals surface area (Å²) >= 11 is 3.22. The third kappa shape index (κ3) is 4.08. The van der Waals surface area contributed by atoms with E-state index in [1.165, 1.54) is 0 Å². The van der Waals surface area contributed by atoms with Crippen molar-refractivity contribution < 1.29 is 4.79 Å². The van der Waals surface area contributed by atoms with Gasteiger partial charge in [0.25, 0.3) is 0 Å². The molecule has 0 heterocycles. The van der Waals surface area contributed by atoms with Gasteiger partial charge in [0.15, 0.2) is 0 Å². The molecule has 2 nitrogen and oxygen atoms in total. The van der Waals surface area contributed by atoms with Crippen LogP contribution in [-0.4, -0.2) is 11.2 Å². The zero-order valence-electron chi connectivity index (χ0n) is 7.29. The van der Waals surface area contributed by atoms with Gasteiger partial charge < -0.3 is 5.32 Å². The topological polar surface area (TPSA) is 29.1 Å². The molecule has 0 aliphatic rings. The zero-order valence-corrected chi connectivity index (χ0v) is 8.88. The number of hydrogen-bond donors (Lipinski definition) is 1. The summed E-state index contributed by atoms with van der Waals surface area (Å²) < 4.78 is 0. The Morgan fingerprint density at radius 2 is 2.00 bits per heavy atom. The van der Waals surface area contributed by atoms with E-state index in [1.54, 1.807) is 0 Å². The van der Waals surface area contributed by atoms with Crippen LogP contribution in [0.15, 0.2) is 30.3 Å². The van der Waals surface area contributed by atoms with Crippen LogP contribution in [0.5, 0.6) is 0 Å². The van der Waals surface area contributed by atoms with Gasteiger partial charge in [0.2, 0.25) is 5.91 Å². The van der Waals surface area contributed by atoms with Crippen LogP contribution in [0.25, 0.3) is 0 Å². The summed E-state index contributed by atoms with van der Waals surface area (Å²) in [7, 11) is 0. The Kier molecular flexibility index (Phi) is 4.54. The standard InChI is InChI=1S/C10H12BrNO/c11-7-6-10(13)12-8-9-4-2-1-3-5-9/h1-5H,6-8H2,(H,12,13). The van der Waals surface area contributed by atoms with Crippen molar-refractivity contribution in [3.63, 3.8) is 0 Å². The summed E-state index contributed by atoms with van der Waals surface area (Å²) in [6.07, 6.45) is 0.535. The summed E-state index contributed by atoms with van der Waals surface area (Å²) in [6.45, 7) is 0.618. The van der Waals surface area contributed by atoms with Gasteiger partial charge in [-0.3, -0.25) is 4.79 Å². The van der Waals surface area contributed by atoms with E-state index in [-0.39, 0.29) is 5.91 Å². The molecule has 0 aromatic heterocycles. The summed E-state index contributed by atoms with van der Waals surface area (Å²) in [5.74, 6) is 0.0840. The molecule has 0 radical (unpaired) electrons. The molecule has 1 N–H and O–H groups in total. The SMILES string of the molecule is O=C(CCBr)NCc1ccccc1. The number of halogens is 1. The molecule has 0 aliphatic heterocycles. The van der Waals surface area contributed by atoms with Crippen molar-refractivity contribution in [1.29, 1.82) is 0 Å². The molecule has 1 aromatic carbocycles. The highest BCUT2D eigenvalue weighted by Gasteiger charge is 1.98. The Morgan fingerprint density at radius 3 is 2.62 bits per heavy atom. The molecule has 0 atom stereocenters.